The van der Waals surface area contributed by atoms with Crippen LogP contribution in [0.3, 0.4) is 0 Å². The van der Waals surface area contributed by atoms with Crippen LogP contribution in [0.5, 0.6) is 0 Å². The van der Waals surface area contributed by atoms with Crippen molar-refractivity contribution in [2.45, 2.75) is 38.6 Å². The lowest BCUT2D eigenvalue weighted by atomic mass is 9.84. The van der Waals surface area contributed by atoms with Crippen LogP contribution >= 0.6 is 0 Å². The van der Waals surface area contributed by atoms with E-state index in [4.69, 9.17) is 0 Å². The van der Waals surface area contributed by atoms with Gasteiger partial charge in [-0.25, -0.2) is 0 Å². The van der Waals surface area contributed by atoms with Crippen LogP contribution in [0.25, 0.3) is 0 Å². The monoisotopic (exact) mass is 362 g/mol. The smallest absolute Gasteiger partial charge is 0.255 e. The highest BCUT2D eigenvalue weighted by atomic mass is 16.2. The average Bonchev–Trinajstić information content (AvgIpc) is 3.24. The molecule has 138 valence electrons. The molecule has 1 aliphatic carbocycles. The van der Waals surface area contributed by atoms with Crippen LogP contribution in [-0.2, 0) is 16.1 Å². The van der Waals surface area contributed by atoms with E-state index in [0.29, 0.717) is 12.0 Å². The van der Waals surface area contributed by atoms with Crippen molar-refractivity contribution in [1.82, 2.24) is 4.90 Å². The number of carbonyl (C=O) groups excluding carboxylic acids is 3. The van der Waals surface area contributed by atoms with Gasteiger partial charge in [0.05, 0.1) is 12.0 Å². The number of carbonyl (C=O) groups is 3. The Bertz CT molecular complexity index is 868. The highest BCUT2D eigenvalue weighted by molar-refractivity contribution is 6.06. The van der Waals surface area contributed by atoms with Gasteiger partial charge in [-0.2, -0.15) is 0 Å². The molecular formula is C22H22N2O3. The molecule has 0 radical (unpaired) electrons. The molecule has 1 heterocycles. The molecule has 27 heavy (non-hydrogen) atoms. The zero-order valence-corrected chi connectivity index (χ0v) is 15.1. The Hall–Kier alpha value is -2.95. The third kappa shape index (κ3) is 3.37. The number of rotatable bonds is 4. The summed E-state index contributed by atoms with van der Waals surface area (Å²) >= 11 is 0. The first-order chi connectivity index (χ1) is 13.1. The highest BCUT2D eigenvalue weighted by Crippen LogP contribution is 2.47. The Morgan fingerprint density at radius 1 is 0.963 bits per heavy atom. The maximum absolute atomic E-state index is 12.8. The number of imide groups is 1. The fourth-order valence-electron chi connectivity index (χ4n) is 4.13. The van der Waals surface area contributed by atoms with E-state index in [1.807, 2.05) is 30.3 Å². The van der Waals surface area contributed by atoms with Gasteiger partial charge in [0.15, 0.2) is 0 Å². The molecule has 1 aliphatic heterocycles. The van der Waals surface area contributed by atoms with E-state index in [-0.39, 0.29) is 24.3 Å². The quantitative estimate of drug-likeness (QED) is 0.842. The minimum Gasteiger partial charge on any atom is -0.322 e. The van der Waals surface area contributed by atoms with Crippen molar-refractivity contribution in [1.29, 1.82) is 0 Å². The molecule has 0 atom stereocenters. The summed E-state index contributed by atoms with van der Waals surface area (Å²) in [6, 6.07) is 16.3. The molecule has 3 amide bonds. The summed E-state index contributed by atoms with van der Waals surface area (Å²) in [4.78, 5) is 38.8. The topological polar surface area (TPSA) is 66.5 Å². The van der Waals surface area contributed by atoms with E-state index in [9.17, 15) is 14.4 Å². The van der Waals surface area contributed by atoms with Gasteiger partial charge in [0, 0.05) is 17.7 Å². The Morgan fingerprint density at radius 3 is 2.30 bits per heavy atom. The lowest BCUT2D eigenvalue weighted by Gasteiger charge is -2.21. The molecule has 1 spiro atoms. The Balaban J connectivity index is 1.43. The predicted molar refractivity (Wildman–Crippen MR) is 102 cm³/mol. The van der Waals surface area contributed by atoms with E-state index >= 15 is 0 Å². The Morgan fingerprint density at radius 2 is 1.63 bits per heavy atom. The van der Waals surface area contributed by atoms with Gasteiger partial charge in [0.2, 0.25) is 11.8 Å². The normalized spacial score (nSPS) is 18.3. The molecule has 1 saturated heterocycles. The van der Waals surface area contributed by atoms with Crippen molar-refractivity contribution in [3.8, 4) is 0 Å². The molecular weight excluding hydrogens is 340 g/mol. The number of hydrogen-bond donors (Lipinski definition) is 1. The molecule has 0 unspecified atom stereocenters. The Kier molecular flexibility index (Phi) is 4.52. The van der Waals surface area contributed by atoms with Gasteiger partial charge in [-0.1, -0.05) is 43.2 Å². The van der Waals surface area contributed by atoms with E-state index in [1.165, 1.54) is 4.90 Å². The molecule has 2 aromatic carbocycles. The first kappa shape index (κ1) is 17.5. The number of para-hydroxylation sites is 1. The largest absolute Gasteiger partial charge is 0.322 e. The van der Waals surface area contributed by atoms with E-state index in [1.54, 1.807) is 24.3 Å². The van der Waals surface area contributed by atoms with Gasteiger partial charge in [0.1, 0.15) is 0 Å². The van der Waals surface area contributed by atoms with Crippen LogP contribution in [0.2, 0.25) is 0 Å². The van der Waals surface area contributed by atoms with Gasteiger partial charge < -0.3 is 5.32 Å². The molecule has 5 heteroatoms. The second-order valence-corrected chi connectivity index (χ2v) is 7.47. The highest BCUT2D eigenvalue weighted by Gasteiger charge is 2.52. The summed E-state index contributed by atoms with van der Waals surface area (Å²) in [6.07, 6.45) is 4.05. The van der Waals surface area contributed by atoms with E-state index < -0.39 is 5.41 Å². The number of likely N-dealkylation sites (tertiary alicyclic amines) is 1. The van der Waals surface area contributed by atoms with Crippen LogP contribution in [0.4, 0.5) is 5.69 Å². The number of anilines is 1. The fraction of sp³-hybridized carbons (Fsp3) is 0.318. The predicted octanol–water partition coefficient (Wildman–Crippen LogP) is 3.76. The molecule has 0 aromatic heterocycles. The second-order valence-electron chi connectivity index (χ2n) is 7.47. The first-order valence-corrected chi connectivity index (χ1v) is 9.38. The van der Waals surface area contributed by atoms with Gasteiger partial charge >= 0.3 is 0 Å². The SMILES string of the molecule is O=C(Nc1ccccc1)c1ccc(CN2C(=O)CC3(CCCC3)C2=O)cc1. The van der Waals surface area contributed by atoms with E-state index in [2.05, 4.69) is 5.32 Å². The molecule has 2 aliphatic rings. The third-order valence-electron chi connectivity index (χ3n) is 5.64. The fourth-order valence-corrected chi connectivity index (χ4v) is 4.13. The Labute approximate surface area is 158 Å². The van der Waals surface area contributed by atoms with Crippen molar-refractivity contribution in [2.75, 3.05) is 5.32 Å². The van der Waals surface area contributed by atoms with Gasteiger partial charge in [0.25, 0.3) is 5.91 Å². The zero-order valence-electron chi connectivity index (χ0n) is 15.1. The van der Waals surface area contributed by atoms with E-state index in [0.717, 1.165) is 36.9 Å². The molecule has 1 saturated carbocycles. The van der Waals surface area contributed by atoms with Crippen molar-refractivity contribution in [3.63, 3.8) is 0 Å². The van der Waals surface area contributed by atoms with Gasteiger partial charge in [-0.05, 0) is 42.7 Å². The van der Waals surface area contributed by atoms with Crippen molar-refractivity contribution in [3.05, 3.63) is 65.7 Å². The maximum atomic E-state index is 12.8. The molecule has 4 rings (SSSR count). The summed E-state index contributed by atoms with van der Waals surface area (Å²) < 4.78 is 0. The van der Waals surface area contributed by atoms with Crippen LogP contribution in [0.1, 0.15) is 48.0 Å². The van der Waals surface area contributed by atoms with Crippen LogP contribution in [-0.4, -0.2) is 22.6 Å². The third-order valence-corrected chi connectivity index (χ3v) is 5.64. The molecule has 1 N–H and O–H groups in total. The number of benzene rings is 2. The van der Waals surface area contributed by atoms with Crippen LogP contribution in [0.15, 0.2) is 54.6 Å². The number of nitrogens with zero attached hydrogens (tertiary/aromatic N) is 1. The standard InChI is InChI=1S/C22H22N2O3/c25-19-14-22(12-4-5-13-22)21(27)24(19)15-16-8-10-17(11-9-16)20(26)23-18-6-2-1-3-7-18/h1-3,6-11H,4-5,12-15H2,(H,23,26). The second kappa shape index (κ2) is 6.99. The lowest BCUT2D eigenvalue weighted by Crippen LogP contribution is -2.33. The average molecular weight is 362 g/mol. The number of amides is 3. The van der Waals surface area contributed by atoms with Crippen molar-refractivity contribution < 1.29 is 14.4 Å². The van der Waals surface area contributed by atoms with Gasteiger partial charge in [-0.15, -0.1) is 0 Å². The molecule has 2 fully saturated rings. The minimum atomic E-state index is -0.438. The lowest BCUT2D eigenvalue weighted by molar-refractivity contribution is -0.142. The number of hydrogen-bond acceptors (Lipinski definition) is 3. The van der Waals surface area contributed by atoms with Gasteiger partial charge in [-0.3, -0.25) is 19.3 Å². The summed E-state index contributed by atoms with van der Waals surface area (Å²) in [5.41, 5.74) is 1.69. The maximum Gasteiger partial charge on any atom is 0.255 e. The molecule has 0 bridgehead atoms. The molecule has 5 nitrogen and oxygen atoms in total. The summed E-state index contributed by atoms with van der Waals surface area (Å²) in [5, 5.41) is 2.84. The first-order valence-electron chi connectivity index (χ1n) is 9.38. The zero-order chi connectivity index (χ0) is 18.9. The summed E-state index contributed by atoms with van der Waals surface area (Å²) in [7, 11) is 0. The van der Waals surface area contributed by atoms with Crippen molar-refractivity contribution >= 4 is 23.4 Å². The van der Waals surface area contributed by atoms with Crippen LogP contribution < -0.4 is 5.32 Å². The molecule has 2 aromatic rings. The summed E-state index contributed by atoms with van der Waals surface area (Å²) in [5.74, 6) is -0.283. The minimum absolute atomic E-state index is 0.0177. The summed E-state index contributed by atoms with van der Waals surface area (Å²) in [6.45, 7) is 0.278. The van der Waals surface area contributed by atoms with Crippen LogP contribution in [0, 0.1) is 5.41 Å². The number of nitrogens with one attached hydrogen (secondary N) is 1. The van der Waals surface area contributed by atoms with Crippen molar-refractivity contribution in [2.24, 2.45) is 5.41 Å².